The Kier molecular flexibility index (Phi) is 5.78. The fourth-order valence-electron chi connectivity index (χ4n) is 4.35. The second-order valence-electron chi connectivity index (χ2n) is 7.52. The summed E-state index contributed by atoms with van der Waals surface area (Å²) in [5.74, 6) is -0.325. The van der Waals surface area contributed by atoms with E-state index in [0.29, 0.717) is 47.9 Å². The van der Waals surface area contributed by atoms with Gasteiger partial charge in [0, 0.05) is 35.1 Å². The Bertz CT molecular complexity index is 1090. The van der Waals surface area contributed by atoms with E-state index >= 15 is 0 Å². The molecule has 2 aliphatic rings. The van der Waals surface area contributed by atoms with Gasteiger partial charge in [-0.25, -0.2) is 0 Å². The zero-order chi connectivity index (χ0) is 22.1. The molecule has 1 aliphatic heterocycles. The largest absolute Gasteiger partial charge is 0.494 e. The Hall–Kier alpha value is -3.19. The molecular weight excluding hydrogens is 420 g/mol. The first-order valence-electron chi connectivity index (χ1n) is 10.2. The predicted octanol–water partition coefficient (Wildman–Crippen LogP) is 5.17. The molecule has 0 bridgehead atoms. The normalized spacial score (nSPS) is 18.8. The number of Topliss-reactive ketones (excluding diaryl/α,β-unsaturated/α-hetero) is 1. The molecule has 2 aromatic carbocycles. The van der Waals surface area contributed by atoms with E-state index in [-0.39, 0.29) is 35.4 Å². The van der Waals surface area contributed by atoms with Gasteiger partial charge in [-0.3, -0.25) is 24.6 Å². The minimum absolute atomic E-state index is 0.0210. The van der Waals surface area contributed by atoms with Gasteiger partial charge in [0.25, 0.3) is 5.69 Å². The molecule has 0 fully saturated rings. The lowest BCUT2D eigenvalue weighted by Crippen LogP contribution is -2.40. The second kappa shape index (κ2) is 8.51. The van der Waals surface area contributed by atoms with Crippen molar-refractivity contribution in [3.05, 3.63) is 74.4 Å². The molecule has 1 amide bonds. The van der Waals surface area contributed by atoms with Crippen LogP contribution in [0.5, 0.6) is 5.75 Å². The smallest absolute Gasteiger partial charge is 0.297 e. The minimum atomic E-state index is -0.526. The summed E-state index contributed by atoms with van der Waals surface area (Å²) < 4.78 is 5.39. The minimum Gasteiger partial charge on any atom is -0.494 e. The highest BCUT2D eigenvalue weighted by Crippen LogP contribution is 2.45. The highest BCUT2D eigenvalue weighted by molar-refractivity contribution is 6.30. The molecular formula is C23H21ClN2O5. The van der Waals surface area contributed by atoms with Crippen molar-refractivity contribution in [2.24, 2.45) is 0 Å². The third-order valence-corrected chi connectivity index (χ3v) is 5.90. The number of amides is 1. The standard InChI is InChI=1S/C23H21ClN2O5/c1-2-31-16-10-11-18(20(12-16)26(29)30)25-19-4-3-5-21(27)23(19)17(13-22(25)28)14-6-8-15(24)9-7-14/h6-12,17H,2-5,13H2,1H3. The third-order valence-electron chi connectivity index (χ3n) is 5.64. The highest BCUT2D eigenvalue weighted by atomic mass is 35.5. The van der Waals surface area contributed by atoms with Gasteiger partial charge in [0.2, 0.25) is 5.91 Å². The molecule has 0 saturated heterocycles. The van der Waals surface area contributed by atoms with Crippen LogP contribution in [0.4, 0.5) is 11.4 Å². The van der Waals surface area contributed by atoms with Crippen LogP contribution in [0.25, 0.3) is 0 Å². The van der Waals surface area contributed by atoms with Crippen molar-refractivity contribution < 1.29 is 19.2 Å². The fourth-order valence-corrected chi connectivity index (χ4v) is 4.47. The molecule has 1 atom stereocenters. The van der Waals surface area contributed by atoms with Crippen LogP contribution in [0, 0.1) is 10.1 Å². The zero-order valence-electron chi connectivity index (χ0n) is 17.0. The van der Waals surface area contributed by atoms with Crippen LogP contribution in [0.15, 0.2) is 53.7 Å². The third kappa shape index (κ3) is 3.93. The van der Waals surface area contributed by atoms with Crippen LogP contribution < -0.4 is 9.64 Å². The van der Waals surface area contributed by atoms with Crippen LogP contribution in [0.3, 0.4) is 0 Å². The average molecular weight is 441 g/mol. The van der Waals surface area contributed by atoms with Gasteiger partial charge in [-0.15, -0.1) is 0 Å². The number of ether oxygens (including phenoxy) is 1. The zero-order valence-corrected chi connectivity index (χ0v) is 17.7. The number of nitro benzene ring substituents is 1. The number of ketones is 1. The van der Waals surface area contributed by atoms with Crippen LogP contribution in [-0.4, -0.2) is 23.2 Å². The monoisotopic (exact) mass is 440 g/mol. The molecule has 31 heavy (non-hydrogen) atoms. The second-order valence-corrected chi connectivity index (χ2v) is 7.95. The lowest BCUT2D eigenvalue weighted by molar-refractivity contribution is -0.384. The average Bonchev–Trinajstić information content (AvgIpc) is 2.74. The summed E-state index contributed by atoms with van der Waals surface area (Å²) in [6, 6.07) is 11.6. The predicted molar refractivity (Wildman–Crippen MR) is 116 cm³/mol. The molecule has 160 valence electrons. The van der Waals surface area contributed by atoms with Gasteiger partial charge in [0.05, 0.1) is 17.6 Å². The van der Waals surface area contributed by atoms with E-state index in [0.717, 1.165) is 5.56 Å². The van der Waals surface area contributed by atoms with Gasteiger partial charge in [0.15, 0.2) is 5.78 Å². The van der Waals surface area contributed by atoms with Crippen molar-refractivity contribution in [1.29, 1.82) is 0 Å². The molecule has 0 radical (unpaired) electrons. The summed E-state index contributed by atoms with van der Waals surface area (Å²) in [7, 11) is 0. The fraction of sp³-hybridized carbons (Fsp3) is 0.304. The Balaban J connectivity index is 1.86. The summed E-state index contributed by atoms with van der Waals surface area (Å²) in [5, 5.41) is 12.4. The van der Waals surface area contributed by atoms with Gasteiger partial charge >= 0.3 is 0 Å². The summed E-state index contributed by atoms with van der Waals surface area (Å²) in [6.45, 7) is 2.15. The van der Waals surface area contributed by atoms with Crippen molar-refractivity contribution in [3.63, 3.8) is 0 Å². The molecule has 1 unspecified atom stereocenters. The molecule has 0 N–H and O–H groups in total. The molecule has 8 heteroatoms. The maximum atomic E-state index is 13.3. The number of carbonyl (C=O) groups excluding carboxylic acids is 2. The van der Waals surface area contributed by atoms with Gasteiger partial charge in [-0.05, 0) is 49.6 Å². The Morgan fingerprint density at radius 1 is 1.16 bits per heavy atom. The Morgan fingerprint density at radius 3 is 2.58 bits per heavy atom. The summed E-state index contributed by atoms with van der Waals surface area (Å²) >= 11 is 6.00. The Labute approximate surface area is 184 Å². The number of nitrogens with zero attached hydrogens (tertiary/aromatic N) is 2. The van der Waals surface area contributed by atoms with Crippen molar-refractivity contribution in [3.8, 4) is 5.75 Å². The summed E-state index contributed by atoms with van der Waals surface area (Å²) in [5.41, 5.74) is 1.89. The highest BCUT2D eigenvalue weighted by Gasteiger charge is 2.41. The van der Waals surface area contributed by atoms with Crippen molar-refractivity contribution >= 4 is 34.7 Å². The van der Waals surface area contributed by atoms with Gasteiger partial charge in [-0.1, -0.05) is 23.7 Å². The van der Waals surface area contributed by atoms with E-state index in [1.165, 1.54) is 17.0 Å². The number of allylic oxidation sites excluding steroid dienone is 2. The van der Waals surface area contributed by atoms with Crippen LogP contribution in [0.2, 0.25) is 5.02 Å². The van der Waals surface area contributed by atoms with E-state index in [1.807, 2.05) is 12.1 Å². The first kappa shape index (κ1) is 21.1. The maximum Gasteiger partial charge on any atom is 0.297 e. The van der Waals surface area contributed by atoms with E-state index < -0.39 is 4.92 Å². The van der Waals surface area contributed by atoms with Gasteiger partial charge < -0.3 is 4.74 Å². The van der Waals surface area contributed by atoms with E-state index in [1.54, 1.807) is 25.1 Å². The molecule has 0 aromatic heterocycles. The quantitative estimate of drug-likeness (QED) is 0.472. The first-order chi connectivity index (χ1) is 14.9. The van der Waals surface area contributed by atoms with Crippen molar-refractivity contribution in [2.75, 3.05) is 11.5 Å². The topological polar surface area (TPSA) is 89.8 Å². The molecule has 2 aromatic rings. The van der Waals surface area contributed by atoms with Crippen LogP contribution in [-0.2, 0) is 9.59 Å². The van der Waals surface area contributed by atoms with Gasteiger partial charge in [-0.2, -0.15) is 0 Å². The molecule has 7 nitrogen and oxygen atoms in total. The number of halogens is 1. The summed E-state index contributed by atoms with van der Waals surface area (Å²) in [6.07, 6.45) is 1.55. The lowest BCUT2D eigenvalue weighted by Gasteiger charge is -2.38. The first-order valence-corrected chi connectivity index (χ1v) is 10.5. The molecule has 0 saturated carbocycles. The number of hydrogen-bond acceptors (Lipinski definition) is 5. The lowest BCUT2D eigenvalue weighted by atomic mass is 9.77. The van der Waals surface area contributed by atoms with E-state index in [9.17, 15) is 19.7 Å². The Morgan fingerprint density at radius 2 is 1.90 bits per heavy atom. The SMILES string of the molecule is CCOc1ccc(N2C(=O)CC(c3ccc(Cl)cc3)C3=C2CCCC3=O)c([N+](=O)[O-])c1. The molecule has 4 rings (SSSR count). The number of nitro groups is 1. The van der Waals surface area contributed by atoms with Gasteiger partial charge in [0.1, 0.15) is 11.4 Å². The van der Waals surface area contributed by atoms with Crippen molar-refractivity contribution in [2.45, 2.75) is 38.5 Å². The van der Waals surface area contributed by atoms with E-state index in [2.05, 4.69) is 0 Å². The van der Waals surface area contributed by atoms with Crippen LogP contribution in [0.1, 0.15) is 44.1 Å². The number of rotatable bonds is 5. The number of hydrogen-bond donors (Lipinski definition) is 0. The van der Waals surface area contributed by atoms with E-state index in [4.69, 9.17) is 16.3 Å². The number of benzene rings is 2. The maximum absolute atomic E-state index is 13.3. The molecule has 1 heterocycles. The van der Waals surface area contributed by atoms with Crippen LogP contribution >= 0.6 is 11.6 Å². The van der Waals surface area contributed by atoms with Crippen molar-refractivity contribution in [1.82, 2.24) is 0 Å². The molecule has 0 spiro atoms. The summed E-state index contributed by atoms with van der Waals surface area (Å²) in [4.78, 5) is 38.9. The molecule has 1 aliphatic carbocycles. The number of anilines is 1. The number of carbonyl (C=O) groups is 2.